The fourth-order valence-electron chi connectivity index (χ4n) is 2.87. The van der Waals surface area contributed by atoms with Crippen LogP contribution >= 0.6 is 11.6 Å². The molecule has 2 N–H and O–H groups in total. The predicted molar refractivity (Wildman–Crippen MR) is 116 cm³/mol. The quantitative estimate of drug-likeness (QED) is 0.449. The van der Waals surface area contributed by atoms with Crippen molar-refractivity contribution < 1.29 is 0 Å². The summed E-state index contributed by atoms with van der Waals surface area (Å²) in [6.07, 6.45) is 6.45. The number of benzene rings is 2. The first-order valence-corrected chi connectivity index (χ1v) is 9.91. The van der Waals surface area contributed by atoms with Crippen LogP contribution in [0.15, 0.2) is 72.2 Å². The second kappa shape index (κ2) is 10.5. The summed E-state index contributed by atoms with van der Waals surface area (Å²) in [6, 6.07) is 16.5. The Bertz CT molecular complexity index is 872. The number of nitrogens with zero attached hydrogens (tertiary/aromatic N) is 3. The zero-order valence-electron chi connectivity index (χ0n) is 16.1. The zero-order chi connectivity index (χ0) is 19.6. The van der Waals surface area contributed by atoms with Crippen molar-refractivity contribution in [2.75, 3.05) is 13.1 Å². The Balaban J connectivity index is 1.52. The molecule has 0 aliphatic rings. The van der Waals surface area contributed by atoms with Crippen LogP contribution in [-0.4, -0.2) is 28.6 Å². The molecular formula is C22H26ClN5. The Hall–Kier alpha value is -2.79. The van der Waals surface area contributed by atoms with Gasteiger partial charge in [-0.15, -0.1) is 0 Å². The van der Waals surface area contributed by atoms with E-state index in [1.54, 1.807) is 6.20 Å². The van der Waals surface area contributed by atoms with Crippen molar-refractivity contribution in [3.05, 3.63) is 89.0 Å². The molecule has 28 heavy (non-hydrogen) atoms. The second-order valence-electron chi connectivity index (χ2n) is 6.51. The van der Waals surface area contributed by atoms with Gasteiger partial charge in [0.25, 0.3) is 0 Å². The Labute approximate surface area is 171 Å². The molecular weight excluding hydrogens is 370 g/mol. The van der Waals surface area contributed by atoms with Crippen LogP contribution in [0.25, 0.3) is 0 Å². The zero-order valence-corrected chi connectivity index (χ0v) is 16.9. The van der Waals surface area contributed by atoms with E-state index in [4.69, 9.17) is 11.6 Å². The monoisotopic (exact) mass is 395 g/mol. The maximum absolute atomic E-state index is 6.22. The van der Waals surface area contributed by atoms with Crippen LogP contribution in [0.5, 0.6) is 0 Å². The topological polar surface area (TPSA) is 54.2 Å². The van der Waals surface area contributed by atoms with Gasteiger partial charge in [-0.25, -0.2) is 9.98 Å². The van der Waals surface area contributed by atoms with Gasteiger partial charge in [0.15, 0.2) is 5.96 Å². The number of hydrogen-bond acceptors (Lipinski definition) is 2. The van der Waals surface area contributed by atoms with Gasteiger partial charge in [0.05, 0.1) is 12.9 Å². The lowest BCUT2D eigenvalue weighted by molar-refractivity contribution is 0.794. The average Bonchev–Trinajstić information content (AvgIpc) is 3.22. The first kappa shape index (κ1) is 20.0. The van der Waals surface area contributed by atoms with Crippen LogP contribution < -0.4 is 10.6 Å². The highest BCUT2D eigenvalue weighted by molar-refractivity contribution is 6.31. The van der Waals surface area contributed by atoms with Crippen LogP contribution in [0.4, 0.5) is 0 Å². The molecule has 2 aromatic carbocycles. The van der Waals surface area contributed by atoms with Crippen LogP contribution in [0.1, 0.15) is 23.6 Å². The summed E-state index contributed by atoms with van der Waals surface area (Å²) >= 11 is 6.22. The fraction of sp³-hybridized carbons (Fsp3) is 0.273. The van der Waals surface area contributed by atoms with E-state index in [0.29, 0.717) is 6.54 Å². The molecule has 0 radical (unpaired) electrons. The predicted octanol–water partition coefficient (Wildman–Crippen LogP) is 3.88. The number of nitrogens with one attached hydrogen (secondary N) is 2. The van der Waals surface area contributed by atoms with Crippen molar-refractivity contribution >= 4 is 17.6 Å². The van der Waals surface area contributed by atoms with E-state index in [2.05, 4.69) is 62.4 Å². The molecule has 146 valence electrons. The van der Waals surface area contributed by atoms with Gasteiger partial charge in [-0.05, 0) is 36.1 Å². The minimum atomic E-state index is 0.632. The lowest BCUT2D eigenvalue weighted by Crippen LogP contribution is -2.38. The number of halogens is 1. The van der Waals surface area contributed by atoms with Crippen molar-refractivity contribution in [1.82, 2.24) is 20.2 Å². The highest BCUT2D eigenvalue weighted by Crippen LogP contribution is 2.14. The standard InChI is InChI=1S/C22H26ClN5/c1-2-25-22(26-12-11-20-5-3-4-6-21(20)23)27-15-18-7-9-19(10-8-18)16-28-14-13-24-17-28/h3-10,13-14,17H,2,11-12,15-16H2,1H3,(H2,25,26,27). The van der Waals surface area contributed by atoms with E-state index >= 15 is 0 Å². The molecule has 0 aliphatic carbocycles. The number of rotatable bonds is 8. The highest BCUT2D eigenvalue weighted by atomic mass is 35.5. The van der Waals surface area contributed by atoms with E-state index in [1.165, 1.54) is 11.1 Å². The summed E-state index contributed by atoms with van der Waals surface area (Å²) in [5, 5.41) is 7.48. The van der Waals surface area contributed by atoms with Crippen molar-refractivity contribution in [3.63, 3.8) is 0 Å². The molecule has 0 bridgehead atoms. The van der Waals surface area contributed by atoms with Gasteiger partial charge in [-0.2, -0.15) is 0 Å². The normalized spacial score (nSPS) is 11.4. The maximum atomic E-state index is 6.22. The first-order valence-electron chi connectivity index (χ1n) is 9.53. The van der Waals surface area contributed by atoms with E-state index in [9.17, 15) is 0 Å². The number of aliphatic imine (C=N–C) groups is 1. The molecule has 1 heterocycles. The number of aromatic nitrogens is 2. The van der Waals surface area contributed by atoms with Crippen molar-refractivity contribution in [2.24, 2.45) is 4.99 Å². The number of imidazole rings is 1. The Morgan fingerprint density at radius 1 is 1.07 bits per heavy atom. The molecule has 5 nitrogen and oxygen atoms in total. The van der Waals surface area contributed by atoms with E-state index in [-0.39, 0.29) is 0 Å². The van der Waals surface area contributed by atoms with Crippen molar-refractivity contribution in [1.29, 1.82) is 0 Å². The third kappa shape index (κ3) is 6.13. The molecule has 1 aromatic heterocycles. The minimum Gasteiger partial charge on any atom is -0.357 e. The third-order valence-corrected chi connectivity index (χ3v) is 4.72. The molecule has 6 heteroatoms. The Morgan fingerprint density at radius 3 is 2.57 bits per heavy atom. The smallest absolute Gasteiger partial charge is 0.191 e. The molecule has 0 saturated heterocycles. The maximum Gasteiger partial charge on any atom is 0.191 e. The van der Waals surface area contributed by atoms with Crippen molar-refractivity contribution in [3.8, 4) is 0 Å². The molecule has 0 aliphatic heterocycles. The Kier molecular flexibility index (Phi) is 7.50. The van der Waals surface area contributed by atoms with Crippen LogP contribution in [0.3, 0.4) is 0 Å². The van der Waals surface area contributed by atoms with Crippen LogP contribution in [0.2, 0.25) is 5.02 Å². The molecule has 0 spiro atoms. The third-order valence-electron chi connectivity index (χ3n) is 4.36. The van der Waals surface area contributed by atoms with Crippen LogP contribution in [0, 0.1) is 0 Å². The van der Waals surface area contributed by atoms with Gasteiger partial charge in [0.1, 0.15) is 0 Å². The highest BCUT2D eigenvalue weighted by Gasteiger charge is 2.02. The van der Waals surface area contributed by atoms with E-state index in [1.807, 2.05) is 30.7 Å². The SMILES string of the molecule is CCNC(=NCc1ccc(Cn2ccnc2)cc1)NCCc1ccccc1Cl. The van der Waals surface area contributed by atoms with Crippen LogP contribution in [-0.2, 0) is 19.5 Å². The lowest BCUT2D eigenvalue weighted by Gasteiger charge is -2.12. The average molecular weight is 396 g/mol. The molecule has 0 saturated carbocycles. The van der Waals surface area contributed by atoms with Gasteiger partial charge in [-0.1, -0.05) is 54.1 Å². The summed E-state index contributed by atoms with van der Waals surface area (Å²) in [5.41, 5.74) is 3.56. The van der Waals surface area contributed by atoms with Gasteiger partial charge in [-0.3, -0.25) is 0 Å². The summed E-state index contributed by atoms with van der Waals surface area (Å²) in [7, 11) is 0. The summed E-state index contributed by atoms with van der Waals surface area (Å²) in [4.78, 5) is 8.76. The minimum absolute atomic E-state index is 0.632. The number of hydrogen-bond donors (Lipinski definition) is 2. The summed E-state index contributed by atoms with van der Waals surface area (Å²) in [6.45, 7) is 5.12. The molecule has 0 amide bonds. The lowest BCUT2D eigenvalue weighted by atomic mass is 10.1. The molecule has 3 aromatic rings. The second-order valence-corrected chi connectivity index (χ2v) is 6.92. The largest absolute Gasteiger partial charge is 0.357 e. The summed E-state index contributed by atoms with van der Waals surface area (Å²) in [5.74, 6) is 0.817. The number of guanidine groups is 1. The molecule has 0 atom stereocenters. The fourth-order valence-corrected chi connectivity index (χ4v) is 3.10. The van der Waals surface area contributed by atoms with E-state index < -0.39 is 0 Å². The summed E-state index contributed by atoms with van der Waals surface area (Å²) < 4.78 is 2.05. The van der Waals surface area contributed by atoms with Crippen molar-refractivity contribution in [2.45, 2.75) is 26.4 Å². The van der Waals surface area contributed by atoms with Gasteiger partial charge in [0, 0.05) is 37.1 Å². The van der Waals surface area contributed by atoms with E-state index in [0.717, 1.165) is 42.6 Å². The van der Waals surface area contributed by atoms with Gasteiger partial charge >= 0.3 is 0 Å². The molecule has 0 fully saturated rings. The molecule has 0 unspecified atom stereocenters. The van der Waals surface area contributed by atoms with Gasteiger partial charge < -0.3 is 15.2 Å². The Morgan fingerprint density at radius 2 is 1.86 bits per heavy atom. The first-order chi connectivity index (χ1) is 13.7. The van der Waals surface area contributed by atoms with Gasteiger partial charge in [0.2, 0.25) is 0 Å². The molecule has 3 rings (SSSR count).